The summed E-state index contributed by atoms with van der Waals surface area (Å²) in [5.41, 5.74) is 2.13. The number of imidazole rings is 1. The number of H-pyrrole nitrogens is 2. The Morgan fingerprint density at radius 1 is 1.38 bits per heavy atom. The maximum absolute atomic E-state index is 4.32. The molecular weight excluding hydrogens is 198 g/mol. The van der Waals surface area contributed by atoms with E-state index in [9.17, 15) is 0 Å². The number of rotatable bonds is 4. The summed E-state index contributed by atoms with van der Waals surface area (Å²) in [5, 5.41) is 0. The fourth-order valence-electron chi connectivity index (χ4n) is 1.46. The molecule has 0 radical (unpaired) electrons. The number of hydrogen-bond donors (Lipinski definition) is 2. The Labute approximate surface area is 94.9 Å². The van der Waals surface area contributed by atoms with E-state index in [0.29, 0.717) is 0 Å². The van der Waals surface area contributed by atoms with Crippen LogP contribution in [0.5, 0.6) is 0 Å². The van der Waals surface area contributed by atoms with Crippen molar-refractivity contribution < 1.29 is 0 Å². The van der Waals surface area contributed by atoms with Gasteiger partial charge in [-0.15, -0.1) is 0 Å². The van der Waals surface area contributed by atoms with Crippen molar-refractivity contribution >= 4 is 0 Å². The Kier molecular flexibility index (Phi) is 3.38. The van der Waals surface area contributed by atoms with Gasteiger partial charge in [-0.25, -0.2) is 4.98 Å². The molecule has 2 N–H and O–H groups in total. The van der Waals surface area contributed by atoms with Gasteiger partial charge in [-0.2, -0.15) is 0 Å². The fourth-order valence-corrected chi connectivity index (χ4v) is 1.46. The standard InChI is InChI=1S/C13H15N3/c1-2-3-4-5-7-11-10-15-13(16-11)12-8-6-9-14-12/h2-6,8-10,14H,7H2,1H3,(H,15,16). The zero-order valence-corrected chi connectivity index (χ0v) is 9.27. The monoisotopic (exact) mass is 213 g/mol. The highest BCUT2D eigenvalue weighted by Crippen LogP contribution is 2.12. The normalized spacial score (nSPS) is 11.8. The first-order valence-electron chi connectivity index (χ1n) is 5.35. The molecule has 0 spiro atoms. The SMILES string of the molecule is CC=CC=CCc1cnc(-c2ccc[nH]2)[nH]1. The molecule has 0 fully saturated rings. The summed E-state index contributed by atoms with van der Waals surface area (Å²) in [6.07, 6.45) is 12.8. The smallest absolute Gasteiger partial charge is 0.154 e. The van der Waals surface area contributed by atoms with E-state index in [1.54, 1.807) is 0 Å². The van der Waals surface area contributed by atoms with Crippen molar-refractivity contribution in [1.82, 2.24) is 15.0 Å². The lowest BCUT2D eigenvalue weighted by Gasteiger charge is -1.90. The minimum atomic E-state index is 0.873. The highest BCUT2D eigenvalue weighted by atomic mass is 14.9. The van der Waals surface area contributed by atoms with Gasteiger partial charge >= 0.3 is 0 Å². The maximum Gasteiger partial charge on any atom is 0.154 e. The van der Waals surface area contributed by atoms with Crippen LogP contribution in [0.2, 0.25) is 0 Å². The molecule has 0 bridgehead atoms. The highest BCUT2D eigenvalue weighted by Gasteiger charge is 2.01. The predicted molar refractivity (Wildman–Crippen MR) is 66.0 cm³/mol. The van der Waals surface area contributed by atoms with Gasteiger partial charge in [0, 0.05) is 24.5 Å². The van der Waals surface area contributed by atoms with Crippen molar-refractivity contribution in [2.75, 3.05) is 0 Å². The predicted octanol–water partition coefficient (Wildman–Crippen LogP) is 3.08. The van der Waals surface area contributed by atoms with Crippen molar-refractivity contribution in [2.24, 2.45) is 0 Å². The largest absolute Gasteiger partial charge is 0.359 e. The number of hydrogen-bond acceptors (Lipinski definition) is 1. The Morgan fingerprint density at radius 2 is 2.31 bits per heavy atom. The molecule has 3 heteroatoms. The first kappa shape index (κ1) is 10.5. The molecule has 2 heterocycles. The van der Waals surface area contributed by atoms with E-state index in [4.69, 9.17) is 0 Å². The molecule has 0 aliphatic rings. The molecule has 0 saturated heterocycles. The van der Waals surface area contributed by atoms with Gasteiger partial charge in [-0.3, -0.25) is 0 Å². The van der Waals surface area contributed by atoms with Crippen LogP contribution in [0.4, 0.5) is 0 Å². The highest BCUT2D eigenvalue weighted by molar-refractivity contribution is 5.49. The van der Waals surface area contributed by atoms with Crippen LogP contribution in [0.3, 0.4) is 0 Å². The minimum Gasteiger partial charge on any atom is -0.359 e. The summed E-state index contributed by atoms with van der Waals surface area (Å²) in [5.74, 6) is 0.888. The van der Waals surface area contributed by atoms with Gasteiger partial charge in [-0.05, 0) is 19.1 Å². The number of nitrogens with zero attached hydrogens (tertiary/aromatic N) is 1. The van der Waals surface area contributed by atoms with E-state index in [2.05, 4.69) is 21.0 Å². The second-order valence-electron chi connectivity index (χ2n) is 3.50. The van der Waals surface area contributed by atoms with Gasteiger partial charge < -0.3 is 9.97 Å². The molecule has 0 aliphatic heterocycles. The summed E-state index contributed by atoms with van der Waals surface area (Å²) >= 11 is 0. The van der Waals surface area contributed by atoms with E-state index in [0.717, 1.165) is 23.6 Å². The molecule has 0 atom stereocenters. The van der Waals surface area contributed by atoms with E-state index in [1.807, 2.05) is 49.7 Å². The first-order chi connectivity index (χ1) is 7.90. The van der Waals surface area contributed by atoms with E-state index in [1.165, 1.54) is 0 Å². The molecule has 16 heavy (non-hydrogen) atoms. The molecule has 2 aromatic rings. The van der Waals surface area contributed by atoms with Crippen LogP contribution in [-0.2, 0) is 6.42 Å². The molecule has 0 amide bonds. The van der Waals surface area contributed by atoms with Crippen molar-refractivity contribution in [3.63, 3.8) is 0 Å². The molecule has 2 rings (SSSR count). The molecule has 0 aliphatic carbocycles. The van der Waals surface area contributed by atoms with Crippen LogP contribution in [0.1, 0.15) is 12.6 Å². The van der Waals surface area contributed by atoms with Crippen molar-refractivity contribution in [1.29, 1.82) is 0 Å². The lowest BCUT2D eigenvalue weighted by Crippen LogP contribution is -1.82. The third-order valence-corrected chi connectivity index (χ3v) is 2.26. The van der Waals surface area contributed by atoms with Crippen LogP contribution in [0.25, 0.3) is 11.5 Å². The summed E-state index contributed by atoms with van der Waals surface area (Å²) in [6, 6.07) is 3.96. The number of nitrogens with one attached hydrogen (secondary N) is 2. The van der Waals surface area contributed by atoms with E-state index < -0.39 is 0 Å². The van der Waals surface area contributed by atoms with Gasteiger partial charge in [0.25, 0.3) is 0 Å². The second kappa shape index (κ2) is 5.16. The molecule has 0 saturated carbocycles. The average Bonchev–Trinajstić information content (AvgIpc) is 2.94. The first-order valence-corrected chi connectivity index (χ1v) is 5.35. The zero-order chi connectivity index (χ0) is 11.2. The lowest BCUT2D eigenvalue weighted by molar-refractivity contribution is 1.15. The molecule has 0 aromatic carbocycles. The van der Waals surface area contributed by atoms with Crippen LogP contribution in [0.15, 0.2) is 48.8 Å². The van der Waals surface area contributed by atoms with Crippen molar-refractivity contribution in [3.8, 4) is 11.5 Å². The maximum atomic E-state index is 4.32. The number of aromatic amines is 2. The Hall–Kier alpha value is -2.03. The summed E-state index contributed by atoms with van der Waals surface area (Å²) < 4.78 is 0. The third-order valence-electron chi connectivity index (χ3n) is 2.26. The molecule has 0 unspecified atom stereocenters. The fraction of sp³-hybridized carbons (Fsp3) is 0.154. The Bertz CT molecular complexity index is 475. The van der Waals surface area contributed by atoms with Crippen LogP contribution in [0, 0.1) is 0 Å². The van der Waals surface area contributed by atoms with Gasteiger partial charge in [0.2, 0.25) is 0 Å². The summed E-state index contributed by atoms with van der Waals surface area (Å²) in [6.45, 7) is 2.00. The zero-order valence-electron chi connectivity index (χ0n) is 9.27. The van der Waals surface area contributed by atoms with Gasteiger partial charge in [0.1, 0.15) is 0 Å². The molecular formula is C13H15N3. The van der Waals surface area contributed by atoms with Gasteiger partial charge in [0.05, 0.1) is 5.69 Å². The molecule has 2 aromatic heterocycles. The molecule has 82 valence electrons. The topological polar surface area (TPSA) is 44.5 Å². The molecule has 3 nitrogen and oxygen atoms in total. The van der Waals surface area contributed by atoms with Crippen molar-refractivity contribution in [2.45, 2.75) is 13.3 Å². The summed E-state index contributed by atoms with van der Waals surface area (Å²) in [7, 11) is 0. The van der Waals surface area contributed by atoms with Crippen LogP contribution < -0.4 is 0 Å². The minimum absolute atomic E-state index is 0.873. The Balaban J connectivity index is 2.03. The van der Waals surface area contributed by atoms with E-state index >= 15 is 0 Å². The van der Waals surface area contributed by atoms with Crippen molar-refractivity contribution in [3.05, 3.63) is 54.5 Å². The van der Waals surface area contributed by atoms with Gasteiger partial charge in [-0.1, -0.05) is 24.3 Å². The second-order valence-corrected chi connectivity index (χ2v) is 3.50. The quantitative estimate of drug-likeness (QED) is 0.753. The lowest BCUT2D eigenvalue weighted by atomic mass is 10.3. The summed E-state index contributed by atoms with van der Waals surface area (Å²) in [4.78, 5) is 10.7. The average molecular weight is 213 g/mol. The number of allylic oxidation sites excluding steroid dienone is 4. The van der Waals surface area contributed by atoms with E-state index in [-0.39, 0.29) is 0 Å². The van der Waals surface area contributed by atoms with Gasteiger partial charge in [0.15, 0.2) is 5.82 Å². The third kappa shape index (κ3) is 2.51. The van der Waals surface area contributed by atoms with Crippen LogP contribution in [-0.4, -0.2) is 15.0 Å². The van der Waals surface area contributed by atoms with Crippen LogP contribution >= 0.6 is 0 Å². The Morgan fingerprint density at radius 3 is 3.06 bits per heavy atom. The number of aromatic nitrogens is 3.